The monoisotopic (exact) mass is 287 g/mol. The molecular weight excluding hydrogens is 258 g/mol. The zero-order valence-corrected chi connectivity index (χ0v) is 13.0. The number of carboxylic acid groups (broad SMARTS) is 2. The molecule has 0 amide bonds. The van der Waals surface area contributed by atoms with Gasteiger partial charge in [0.15, 0.2) is 0 Å². The number of hydrogen-bond donors (Lipinski definition) is 2. The van der Waals surface area contributed by atoms with Crippen molar-refractivity contribution in [2.24, 2.45) is 5.92 Å². The SMILES string of the molecule is CCCCCCN(CCC(=O)O)C(CC(C)C)C(=O)O. The molecule has 0 aromatic carbocycles. The number of aliphatic carboxylic acids is 2. The fraction of sp³-hybridized carbons (Fsp3) is 0.867. The van der Waals surface area contributed by atoms with Gasteiger partial charge in [-0.1, -0.05) is 40.0 Å². The minimum Gasteiger partial charge on any atom is -0.481 e. The summed E-state index contributed by atoms with van der Waals surface area (Å²) >= 11 is 0. The van der Waals surface area contributed by atoms with E-state index >= 15 is 0 Å². The molecule has 5 nitrogen and oxygen atoms in total. The van der Waals surface area contributed by atoms with E-state index in [4.69, 9.17) is 5.11 Å². The Morgan fingerprint density at radius 3 is 2.15 bits per heavy atom. The Hall–Kier alpha value is -1.10. The fourth-order valence-corrected chi connectivity index (χ4v) is 2.26. The van der Waals surface area contributed by atoms with E-state index < -0.39 is 18.0 Å². The first kappa shape index (κ1) is 18.9. The van der Waals surface area contributed by atoms with E-state index in [0.29, 0.717) is 19.5 Å². The molecule has 0 saturated heterocycles. The van der Waals surface area contributed by atoms with Gasteiger partial charge in [0.1, 0.15) is 6.04 Å². The van der Waals surface area contributed by atoms with Gasteiger partial charge in [0.25, 0.3) is 0 Å². The molecule has 118 valence electrons. The Labute approximate surface area is 122 Å². The Morgan fingerprint density at radius 1 is 1.05 bits per heavy atom. The summed E-state index contributed by atoms with van der Waals surface area (Å²) in [6.45, 7) is 7.08. The first-order valence-electron chi connectivity index (χ1n) is 7.57. The van der Waals surface area contributed by atoms with E-state index in [2.05, 4.69) is 6.92 Å². The van der Waals surface area contributed by atoms with Gasteiger partial charge in [0, 0.05) is 6.54 Å². The third kappa shape index (κ3) is 8.91. The Balaban J connectivity index is 4.57. The molecule has 0 aromatic heterocycles. The Bertz CT molecular complexity index is 292. The van der Waals surface area contributed by atoms with E-state index in [9.17, 15) is 14.7 Å². The third-order valence-corrected chi connectivity index (χ3v) is 3.33. The standard InChI is InChI=1S/C15H29NO4/c1-4-5-6-7-9-16(10-8-14(17)18)13(15(19)20)11-12(2)3/h12-13H,4-11H2,1-3H3,(H,17,18)(H,19,20). The summed E-state index contributed by atoms with van der Waals surface area (Å²) in [6.07, 6.45) is 4.81. The van der Waals surface area contributed by atoms with Crippen molar-refractivity contribution in [3.8, 4) is 0 Å². The van der Waals surface area contributed by atoms with Crippen molar-refractivity contribution in [3.05, 3.63) is 0 Å². The molecule has 0 radical (unpaired) electrons. The molecule has 1 atom stereocenters. The van der Waals surface area contributed by atoms with E-state index in [1.54, 1.807) is 0 Å². The third-order valence-electron chi connectivity index (χ3n) is 3.33. The Kier molecular flexibility index (Phi) is 10.1. The predicted molar refractivity (Wildman–Crippen MR) is 78.8 cm³/mol. The number of carbonyl (C=O) groups is 2. The van der Waals surface area contributed by atoms with Crippen LogP contribution in [0.15, 0.2) is 0 Å². The highest BCUT2D eigenvalue weighted by molar-refractivity contribution is 5.73. The van der Waals surface area contributed by atoms with Gasteiger partial charge < -0.3 is 10.2 Å². The first-order valence-corrected chi connectivity index (χ1v) is 7.57. The zero-order chi connectivity index (χ0) is 15.5. The van der Waals surface area contributed by atoms with Crippen LogP contribution in [0.2, 0.25) is 0 Å². The lowest BCUT2D eigenvalue weighted by Gasteiger charge is -2.29. The van der Waals surface area contributed by atoms with Crippen molar-refractivity contribution in [2.75, 3.05) is 13.1 Å². The van der Waals surface area contributed by atoms with Crippen LogP contribution in [0.3, 0.4) is 0 Å². The number of unbranched alkanes of at least 4 members (excludes halogenated alkanes) is 3. The molecule has 0 bridgehead atoms. The van der Waals surface area contributed by atoms with E-state index in [1.807, 2.05) is 18.7 Å². The molecule has 20 heavy (non-hydrogen) atoms. The summed E-state index contributed by atoms with van der Waals surface area (Å²) in [5, 5.41) is 18.2. The second kappa shape index (κ2) is 10.7. The molecule has 0 rings (SSSR count). The van der Waals surface area contributed by atoms with Gasteiger partial charge in [-0.15, -0.1) is 0 Å². The molecule has 0 aliphatic carbocycles. The Morgan fingerprint density at radius 2 is 1.70 bits per heavy atom. The van der Waals surface area contributed by atoms with E-state index in [1.165, 1.54) is 0 Å². The maximum Gasteiger partial charge on any atom is 0.320 e. The summed E-state index contributed by atoms with van der Waals surface area (Å²) < 4.78 is 0. The summed E-state index contributed by atoms with van der Waals surface area (Å²) in [4.78, 5) is 24.0. The number of nitrogens with zero attached hydrogens (tertiary/aromatic N) is 1. The molecular formula is C15H29NO4. The van der Waals surface area contributed by atoms with Crippen LogP contribution < -0.4 is 0 Å². The quantitative estimate of drug-likeness (QED) is 0.540. The van der Waals surface area contributed by atoms with Crippen LogP contribution in [0.25, 0.3) is 0 Å². The molecule has 0 aliphatic rings. The maximum absolute atomic E-state index is 11.4. The van der Waals surface area contributed by atoms with Gasteiger partial charge in [-0.05, 0) is 25.3 Å². The van der Waals surface area contributed by atoms with Gasteiger partial charge in [-0.3, -0.25) is 14.5 Å². The highest BCUT2D eigenvalue weighted by Gasteiger charge is 2.26. The molecule has 0 saturated carbocycles. The average molecular weight is 287 g/mol. The normalized spacial score (nSPS) is 12.8. The van der Waals surface area contributed by atoms with Crippen LogP contribution >= 0.6 is 0 Å². The molecule has 1 unspecified atom stereocenters. The number of hydrogen-bond acceptors (Lipinski definition) is 3. The summed E-state index contributed by atoms with van der Waals surface area (Å²) in [5.41, 5.74) is 0. The smallest absolute Gasteiger partial charge is 0.320 e. The average Bonchev–Trinajstić information content (AvgIpc) is 2.35. The summed E-state index contributed by atoms with van der Waals surface area (Å²) in [6, 6.07) is -0.573. The predicted octanol–water partition coefficient (Wildman–Crippen LogP) is 2.84. The van der Waals surface area contributed by atoms with Crippen molar-refractivity contribution >= 4 is 11.9 Å². The highest BCUT2D eigenvalue weighted by Crippen LogP contribution is 2.14. The first-order chi connectivity index (χ1) is 9.38. The lowest BCUT2D eigenvalue weighted by molar-refractivity contribution is -0.145. The topological polar surface area (TPSA) is 77.8 Å². The molecule has 0 heterocycles. The van der Waals surface area contributed by atoms with Gasteiger partial charge in [0.2, 0.25) is 0 Å². The van der Waals surface area contributed by atoms with Crippen LogP contribution in [0, 0.1) is 5.92 Å². The van der Waals surface area contributed by atoms with Crippen LogP contribution in [-0.2, 0) is 9.59 Å². The van der Waals surface area contributed by atoms with Crippen molar-refractivity contribution < 1.29 is 19.8 Å². The van der Waals surface area contributed by atoms with E-state index in [0.717, 1.165) is 25.7 Å². The second-order valence-corrected chi connectivity index (χ2v) is 5.72. The highest BCUT2D eigenvalue weighted by atomic mass is 16.4. The summed E-state index contributed by atoms with van der Waals surface area (Å²) in [7, 11) is 0. The van der Waals surface area contributed by atoms with Crippen LogP contribution in [-0.4, -0.2) is 46.2 Å². The largest absolute Gasteiger partial charge is 0.481 e. The maximum atomic E-state index is 11.4. The molecule has 0 aliphatic heterocycles. The number of carboxylic acids is 2. The minimum absolute atomic E-state index is 0.00431. The van der Waals surface area contributed by atoms with Crippen molar-refractivity contribution in [3.63, 3.8) is 0 Å². The van der Waals surface area contributed by atoms with Gasteiger partial charge in [0.05, 0.1) is 6.42 Å². The summed E-state index contributed by atoms with van der Waals surface area (Å²) in [5.74, 6) is -1.45. The van der Waals surface area contributed by atoms with Crippen molar-refractivity contribution in [2.45, 2.75) is 65.3 Å². The van der Waals surface area contributed by atoms with Crippen LogP contribution in [0.4, 0.5) is 0 Å². The zero-order valence-electron chi connectivity index (χ0n) is 13.0. The molecule has 0 aromatic rings. The second-order valence-electron chi connectivity index (χ2n) is 5.72. The van der Waals surface area contributed by atoms with Crippen molar-refractivity contribution in [1.29, 1.82) is 0 Å². The minimum atomic E-state index is -0.878. The number of rotatable bonds is 12. The van der Waals surface area contributed by atoms with Crippen molar-refractivity contribution in [1.82, 2.24) is 4.90 Å². The van der Waals surface area contributed by atoms with Crippen LogP contribution in [0.5, 0.6) is 0 Å². The van der Waals surface area contributed by atoms with Gasteiger partial charge >= 0.3 is 11.9 Å². The lowest BCUT2D eigenvalue weighted by Crippen LogP contribution is -2.43. The van der Waals surface area contributed by atoms with Gasteiger partial charge in [-0.2, -0.15) is 0 Å². The van der Waals surface area contributed by atoms with Gasteiger partial charge in [-0.25, -0.2) is 0 Å². The lowest BCUT2D eigenvalue weighted by atomic mass is 10.0. The molecule has 0 spiro atoms. The molecule has 5 heteroatoms. The molecule has 0 fully saturated rings. The van der Waals surface area contributed by atoms with Crippen LogP contribution in [0.1, 0.15) is 59.3 Å². The fourth-order valence-electron chi connectivity index (χ4n) is 2.26. The van der Waals surface area contributed by atoms with E-state index in [-0.39, 0.29) is 12.3 Å². The molecule has 2 N–H and O–H groups in total.